The van der Waals surface area contributed by atoms with Crippen molar-refractivity contribution in [2.24, 2.45) is 0 Å². The van der Waals surface area contributed by atoms with Gasteiger partial charge in [-0.3, -0.25) is 0 Å². The van der Waals surface area contributed by atoms with Gasteiger partial charge >= 0.3 is 12.4 Å². The van der Waals surface area contributed by atoms with Crippen LogP contribution in [0.3, 0.4) is 0 Å². The molecule has 0 spiro atoms. The molecule has 0 N–H and O–H groups in total. The quantitative estimate of drug-likeness (QED) is 0.547. The van der Waals surface area contributed by atoms with E-state index in [9.17, 15) is 26.3 Å². The first-order chi connectivity index (χ1) is 6.21. The van der Waals surface area contributed by atoms with Gasteiger partial charge in [-0.25, -0.2) is 0 Å². The molecule has 0 bridgehead atoms. The SMILES string of the molecule is CC(Cl)(OC(C)(Cl)C(F)(F)F)C(F)(F)F. The molecule has 92 valence electrons. The molecule has 0 radical (unpaired) electrons. The summed E-state index contributed by atoms with van der Waals surface area (Å²) in [5.41, 5.74) is 0. The molecule has 0 aliphatic rings. The molecular formula is C6H6Cl2F6O. The summed E-state index contributed by atoms with van der Waals surface area (Å²) in [7, 11) is 0. The van der Waals surface area contributed by atoms with Crippen LogP contribution in [0.15, 0.2) is 0 Å². The number of rotatable bonds is 2. The lowest BCUT2D eigenvalue weighted by atomic mass is 10.3. The van der Waals surface area contributed by atoms with Gasteiger partial charge in [0.05, 0.1) is 0 Å². The fraction of sp³-hybridized carbons (Fsp3) is 1.00. The van der Waals surface area contributed by atoms with Gasteiger partial charge in [0, 0.05) is 0 Å². The Morgan fingerprint density at radius 2 is 0.933 bits per heavy atom. The number of alkyl halides is 8. The van der Waals surface area contributed by atoms with Crippen LogP contribution in [-0.4, -0.2) is 22.5 Å². The smallest absolute Gasteiger partial charge is 0.320 e. The predicted molar refractivity (Wildman–Crippen MR) is 41.7 cm³/mol. The lowest BCUT2D eigenvalue weighted by Gasteiger charge is -2.34. The lowest BCUT2D eigenvalue weighted by molar-refractivity contribution is -0.307. The molecule has 0 rings (SSSR count). The molecule has 2 atom stereocenters. The third-order valence-electron chi connectivity index (χ3n) is 1.40. The molecule has 15 heavy (non-hydrogen) atoms. The van der Waals surface area contributed by atoms with Crippen molar-refractivity contribution in [1.29, 1.82) is 0 Å². The number of halogens is 8. The fourth-order valence-electron chi connectivity index (χ4n) is 0.476. The average molecular weight is 279 g/mol. The summed E-state index contributed by atoms with van der Waals surface area (Å²) in [6.45, 7) is 0.474. The van der Waals surface area contributed by atoms with Gasteiger partial charge in [-0.05, 0) is 13.8 Å². The van der Waals surface area contributed by atoms with Crippen LogP contribution in [0.1, 0.15) is 13.8 Å². The van der Waals surface area contributed by atoms with Gasteiger partial charge < -0.3 is 4.74 Å². The molecule has 2 unspecified atom stereocenters. The van der Waals surface area contributed by atoms with Crippen molar-refractivity contribution in [3.8, 4) is 0 Å². The molecule has 1 nitrogen and oxygen atoms in total. The Bertz CT molecular complexity index is 207. The monoisotopic (exact) mass is 278 g/mol. The Morgan fingerprint density at radius 3 is 1.07 bits per heavy atom. The highest BCUT2D eigenvalue weighted by Gasteiger charge is 2.61. The summed E-state index contributed by atoms with van der Waals surface area (Å²) in [5.74, 6) is 0. The second-order valence-corrected chi connectivity index (χ2v) is 4.37. The first-order valence-corrected chi connectivity index (χ1v) is 4.18. The molecule has 0 aliphatic heterocycles. The molecular weight excluding hydrogens is 273 g/mol. The van der Waals surface area contributed by atoms with Crippen molar-refractivity contribution in [3.05, 3.63) is 0 Å². The van der Waals surface area contributed by atoms with Crippen LogP contribution in [0.25, 0.3) is 0 Å². The minimum atomic E-state index is -5.17. The van der Waals surface area contributed by atoms with E-state index in [1.54, 1.807) is 0 Å². The van der Waals surface area contributed by atoms with Gasteiger partial charge in [0.25, 0.3) is 0 Å². The van der Waals surface area contributed by atoms with E-state index >= 15 is 0 Å². The van der Waals surface area contributed by atoms with Crippen LogP contribution in [0.4, 0.5) is 26.3 Å². The molecule has 0 fully saturated rings. The van der Waals surface area contributed by atoms with E-state index in [1.807, 2.05) is 0 Å². The number of hydrogen-bond acceptors (Lipinski definition) is 1. The second-order valence-electron chi connectivity index (χ2n) is 2.93. The maximum absolute atomic E-state index is 12.1. The van der Waals surface area contributed by atoms with Crippen LogP contribution in [0.5, 0.6) is 0 Å². The molecule has 0 amide bonds. The maximum atomic E-state index is 12.1. The first-order valence-electron chi connectivity index (χ1n) is 3.42. The van der Waals surface area contributed by atoms with Gasteiger partial charge in [0.1, 0.15) is 0 Å². The largest absolute Gasteiger partial charge is 0.431 e. The highest BCUT2D eigenvalue weighted by atomic mass is 35.5. The summed E-state index contributed by atoms with van der Waals surface area (Å²) >= 11 is 9.54. The van der Waals surface area contributed by atoms with E-state index in [-0.39, 0.29) is 13.8 Å². The topological polar surface area (TPSA) is 9.23 Å². The van der Waals surface area contributed by atoms with Gasteiger partial charge in [-0.15, -0.1) is 0 Å². The normalized spacial score (nSPS) is 22.0. The van der Waals surface area contributed by atoms with Crippen molar-refractivity contribution in [3.63, 3.8) is 0 Å². The highest BCUT2D eigenvalue weighted by Crippen LogP contribution is 2.46. The molecule has 0 aromatic carbocycles. The lowest BCUT2D eigenvalue weighted by Crippen LogP contribution is -2.50. The second kappa shape index (κ2) is 3.85. The molecule has 0 saturated heterocycles. The zero-order chi connectivity index (χ0) is 12.7. The number of ether oxygens (including phenoxy) is 1. The van der Waals surface area contributed by atoms with Gasteiger partial charge in [-0.2, -0.15) is 26.3 Å². The number of hydrogen-bond donors (Lipinski definition) is 0. The molecule has 0 aromatic heterocycles. The third-order valence-corrected chi connectivity index (χ3v) is 1.98. The Balaban J connectivity index is 4.89. The van der Waals surface area contributed by atoms with E-state index < -0.39 is 22.5 Å². The highest BCUT2D eigenvalue weighted by molar-refractivity contribution is 6.25. The standard InChI is InChI=1S/C6H6Cl2F6O/c1-3(7,5(9,10)11)15-4(2,8)6(12,13)14/h1-2H3. The average Bonchev–Trinajstić information content (AvgIpc) is 1.77. The van der Waals surface area contributed by atoms with E-state index in [0.717, 1.165) is 0 Å². The van der Waals surface area contributed by atoms with Gasteiger partial charge in [0.2, 0.25) is 10.1 Å². The summed E-state index contributed by atoms with van der Waals surface area (Å²) in [6, 6.07) is 0. The van der Waals surface area contributed by atoms with Crippen molar-refractivity contribution in [2.75, 3.05) is 0 Å². The molecule has 0 aliphatic carbocycles. The zero-order valence-electron chi connectivity index (χ0n) is 7.43. The molecule has 0 aromatic rings. The maximum Gasteiger partial charge on any atom is 0.431 e. The summed E-state index contributed by atoms with van der Waals surface area (Å²) in [5, 5.41) is -7.00. The van der Waals surface area contributed by atoms with E-state index in [2.05, 4.69) is 4.74 Å². The van der Waals surface area contributed by atoms with E-state index in [0.29, 0.717) is 0 Å². The summed E-state index contributed by atoms with van der Waals surface area (Å²) in [6.07, 6.45) is -10.3. The van der Waals surface area contributed by atoms with E-state index in [1.165, 1.54) is 0 Å². The van der Waals surface area contributed by atoms with Crippen molar-refractivity contribution in [2.45, 2.75) is 36.3 Å². The van der Waals surface area contributed by atoms with Crippen LogP contribution in [0.2, 0.25) is 0 Å². The molecule has 9 heteroatoms. The van der Waals surface area contributed by atoms with Crippen molar-refractivity contribution >= 4 is 23.2 Å². The first kappa shape index (κ1) is 15.1. The Hall–Kier alpha value is 0.120. The predicted octanol–water partition coefficient (Wildman–Crippen LogP) is 4.04. The minimum Gasteiger partial charge on any atom is -0.320 e. The minimum absolute atomic E-state index is 0.237. The Labute approximate surface area is 91.3 Å². The van der Waals surface area contributed by atoms with Crippen LogP contribution < -0.4 is 0 Å². The Kier molecular flexibility index (Phi) is 3.88. The van der Waals surface area contributed by atoms with Gasteiger partial charge in [0.15, 0.2) is 0 Å². The molecule has 0 heterocycles. The van der Waals surface area contributed by atoms with Crippen LogP contribution in [-0.2, 0) is 4.74 Å². The zero-order valence-corrected chi connectivity index (χ0v) is 8.94. The van der Waals surface area contributed by atoms with Crippen LogP contribution >= 0.6 is 23.2 Å². The van der Waals surface area contributed by atoms with Crippen molar-refractivity contribution < 1.29 is 31.1 Å². The summed E-state index contributed by atoms with van der Waals surface area (Å²) < 4.78 is 76.0. The Morgan fingerprint density at radius 1 is 0.733 bits per heavy atom. The van der Waals surface area contributed by atoms with Crippen molar-refractivity contribution in [1.82, 2.24) is 0 Å². The van der Waals surface area contributed by atoms with Gasteiger partial charge in [-0.1, -0.05) is 23.2 Å². The summed E-state index contributed by atoms with van der Waals surface area (Å²) in [4.78, 5) is 0. The van der Waals surface area contributed by atoms with E-state index in [4.69, 9.17) is 23.2 Å². The molecule has 0 saturated carbocycles. The fourth-order valence-corrected chi connectivity index (χ4v) is 0.824. The third kappa shape index (κ3) is 3.57. The van der Waals surface area contributed by atoms with Crippen LogP contribution in [0, 0.1) is 0 Å².